The molecule has 3 aromatic rings. The van der Waals surface area contributed by atoms with E-state index in [2.05, 4.69) is 20.9 Å². The first kappa shape index (κ1) is 16.2. The molecule has 5 nitrogen and oxygen atoms in total. The summed E-state index contributed by atoms with van der Waals surface area (Å²) in [6.45, 7) is 1.29. The zero-order valence-electron chi connectivity index (χ0n) is 12.8. The number of amides is 1. The summed E-state index contributed by atoms with van der Waals surface area (Å²) in [5, 5.41) is 0.682. The Labute approximate surface area is 146 Å². The van der Waals surface area contributed by atoms with E-state index in [9.17, 15) is 4.79 Å². The number of furan rings is 1. The van der Waals surface area contributed by atoms with Gasteiger partial charge in [-0.25, -0.2) is 4.98 Å². The van der Waals surface area contributed by atoms with Gasteiger partial charge in [0, 0.05) is 17.6 Å². The Hall–Kier alpha value is -1.70. The Morgan fingerprint density at radius 2 is 2.13 bits per heavy atom. The lowest BCUT2D eigenvalue weighted by Gasteiger charge is -2.20. The van der Waals surface area contributed by atoms with Gasteiger partial charge >= 0.3 is 0 Å². The van der Waals surface area contributed by atoms with Crippen molar-refractivity contribution in [3.63, 3.8) is 0 Å². The molecule has 0 N–H and O–H groups in total. The minimum Gasteiger partial charge on any atom is -0.459 e. The van der Waals surface area contributed by atoms with Gasteiger partial charge in [0.25, 0.3) is 5.91 Å². The number of carbonyl (C=O) groups is 1. The number of fused-ring (bicyclic) bond motifs is 1. The van der Waals surface area contributed by atoms with E-state index in [4.69, 9.17) is 4.42 Å². The van der Waals surface area contributed by atoms with Crippen LogP contribution in [-0.4, -0.2) is 43.0 Å². The second-order valence-electron chi connectivity index (χ2n) is 5.35. The van der Waals surface area contributed by atoms with Gasteiger partial charge in [0.15, 0.2) is 10.9 Å². The van der Waals surface area contributed by atoms with Gasteiger partial charge in [-0.15, -0.1) is 0 Å². The van der Waals surface area contributed by atoms with Crippen molar-refractivity contribution in [3.05, 3.63) is 46.8 Å². The molecule has 3 rings (SSSR count). The highest BCUT2D eigenvalue weighted by atomic mass is 79.9. The van der Waals surface area contributed by atoms with Gasteiger partial charge < -0.3 is 9.32 Å². The fraction of sp³-hybridized carbons (Fsp3) is 0.250. The maximum Gasteiger partial charge on any atom is 0.295 e. The molecule has 2 aromatic heterocycles. The van der Waals surface area contributed by atoms with Gasteiger partial charge in [-0.05, 0) is 44.4 Å². The van der Waals surface area contributed by atoms with Crippen LogP contribution in [0.2, 0.25) is 0 Å². The molecular formula is C16H16BrN3O2S. The van der Waals surface area contributed by atoms with Gasteiger partial charge in [0.1, 0.15) is 0 Å². The fourth-order valence-corrected chi connectivity index (χ4v) is 3.66. The third-order valence-electron chi connectivity index (χ3n) is 3.32. The number of likely N-dealkylation sites (N-methyl/N-ethyl adjacent to an activating group) is 1. The number of anilines is 1. The number of hydrogen-bond acceptors (Lipinski definition) is 5. The van der Waals surface area contributed by atoms with E-state index in [1.165, 1.54) is 17.6 Å². The summed E-state index contributed by atoms with van der Waals surface area (Å²) < 4.78 is 7.30. The number of aromatic nitrogens is 1. The molecule has 23 heavy (non-hydrogen) atoms. The number of halogens is 1. The molecule has 2 heterocycles. The molecule has 0 saturated carbocycles. The van der Waals surface area contributed by atoms with Crippen molar-refractivity contribution < 1.29 is 9.21 Å². The Kier molecular flexibility index (Phi) is 4.79. The standard InChI is InChI=1S/C16H16BrN3O2S/c1-19(2)7-8-20(15(21)13-4-3-9-22-13)16-18-12-6-5-11(17)10-14(12)23-16/h3-6,9-10H,7-8H2,1-2H3. The Bertz CT molecular complexity index is 814. The first-order valence-corrected chi connectivity index (χ1v) is 8.72. The van der Waals surface area contributed by atoms with Crippen LogP contribution in [0.15, 0.2) is 45.5 Å². The van der Waals surface area contributed by atoms with Crippen molar-refractivity contribution >= 4 is 48.5 Å². The lowest BCUT2D eigenvalue weighted by atomic mass is 10.3. The van der Waals surface area contributed by atoms with E-state index < -0.39 is 0 Å². The molecule has 0 fully saturated rings. The molecule has 120 valence electrons. The highest BCUT2D eigenvalue weighted by molar-refractivity contribution is 9.10. The first-order chi connectivity index (χ1) is 11.0. The topological polar surface area (TPSA) is 49.6 Å². The van der Waals surface area contributed by atoms with Crippen molar-refractivity contribution in [1.82, 2.24) is 9.88 Å². The molecule has 7 heteroatoms. The number of hydrogen-bond donors (Lipinski definition) is 0. The summed E-state index contributed by atoms with van der Waals surface area (Å²) in [6.07, 6.45) is 1.51. The second kappa shape index (κ2) is 6.82. The molecule has 0 saturated heterocycles. The quantitative estimate of drug-likeness (QED) is 0.660. The molecule has 0 aliphatic heterocycles. The molecular weight excluding hydrogens is 378 g/mol. The summed E-state index contributed by atoms with van der Waals surface area (Å²) >= 11 is 4.97. The van der Waals surface area contributed by atoms with Crippen LogP contribution in [0.25, 0.3) is 10.2 Å². The third kappa shape index (κ3) is 3.63. The van der Waals surface area contributed by atoms with E-state index in [-0.39, 0.29) is 5.91 Å². The average molecular weight is 394 g/mol. The first-order valence-electron chi connectivity index (χ1n) is 7.11. The summed E-state index contributed by atoms with van der Waals surface area (Å²) in [6, 6.07) is 9.30. The minimum absolute atomic E-state index is 0.171. The Morgan fingerprint density at radius 1 is 1.30 bits per heavy atom. The van der Waals surface area contributed by atoms with E-state index in [0.717, 1.165) is 21.2 Å². The van der Waals surface area contributed by atoms with Gasteiger partial charge in [-0.1, -0.05) is 27.3 Å². The van der Waals surface area contributed by atoms with E-state index in [1.54, 1.807) is 17.0 Å². The Morgan fingerprint density at radius 3 is 2.83 bits per heavy atom. The zero-order chi connectivity index (χ0) is 16.4. The van der Waals surface area contributed by atoms with Crippen LogP contribution in [-0.2, 0) is 0 Å². The van der Waals surface area contributed by atoms with Crippen LogP contribution in [0.4, 0.5) is 5.13 Å². The molecule has 0 spiro atoms. The minimum atomic E-state index is -0.171. The third-order valence-corrected chi connectivity index (χ3v) is 4.85. The second-order valence-corrected chi connectivity index (χ2v) is 7.27. The lowest BCUT2D eigenvalue weighted by Crippen LogP contribution is -2.36. The highest BCUT2D eigenvalue weighted by Crippen LogP contribution is 2.31. The largest absolute Gasteiger partial charge is 0.459 e. The number of benzene rings is 1. The van der Waals surface area contributed by atoms with Crippen LogP contribution in [0.1, 0.15) is 10.6 Å². The zero-order valence-corrected chi connectivity index (χ0v) is 15.2. The van der Waals surface area contributed by atoms with Gasteiger partial charge in [-0.3, -0.25) is 9.69 Å². The molecule has 0 unspecified atom stereocenters. The number of carbonyl (C=O) groups excluding carboxylic acids is 1. The van der Waals surface area contributed by atoms with Gasteiger partial charge in [-0.2, -0.15) is 0 Å². The van der Waals surface area contributed by atoms with Crippen LogP contribution < -0.4 is 4.90 Å². The molecule has 1 amide bonds. The summed E-state index contributed by atoms with van der Waals surface area (Å²) in [7, 11) is 3.95. The number of rotatable bonds is 5. The molecule has 0 bridgehead atoms. The summed E-state index contributed by atoms with van der Waals surface area (Å²) in [5.41, 5.74) is 0.885. The van der Waals surface area contributed by atoms with Gasteiger partial charge in [0.2, 0.25) is 0 Å². The highest BCUT2D eigenvalue weighted by Gasteiger charge is 2.23. The fourth-order valence-electron chi connectivity index (χ4n) is 2.12. The summed E-state index contributed by atoms with van der Waals surface area (Å²) in [5.74, 6) is 0.152. The predicted molar refractivity (Wildman–Crippen MR) is 96.3 cm³/mol. The predicted octanol–water partition coefficient (Wildman–Crippen LogP) is 3.86. The number of thiazole rings is 1. The molecule has 0 atom stereocenters. The maximum absolute atomic E-state index is 12.7. The monoisotopic (exact) mass is 393 g/mol. The molecule has 0 aliphatic carbocycles. The van der Waals surface area contributed by atoms with Crippen LogP contribution in [0.3, 0.4) is 0 Å². The van der Waals surface area contributed by atoms with Crippen molar-refractivity contribution in [2.45, 2.75) is 0 Å². The average Bonchev–Trinajstić information content (AvgIpc) is 3.15. The van der Waals surface area contributed by atoms with E-state index in [0.29, 0.717) is 17.4 Å². The normalized spacial score (nSPS) is 11.3. The maximum atomic E-state index is 12.7. The summed E-state index contributed by atoms with van der Waals surface area (Å²) in [4.78, 5) is 21.1. The van der Waals surface area contributed by atoms with Crippen LogP contribution in [0, 0.1) is 0 Å². The SMILES string of the molecule is CN(C)CCN(C(=O)c1ccco1)c1nc2ccc(Br)cc2s1. The van der Waals surface area contributed by atoms with Crippen molar-refractivity contribution in [2.24, 2.45) is 0 Å². The smallest absolute Gasteiger partial charge is 0.295 e. The molecule has 0 aliphatic rings. The van der Waals surface area contributed by atoms with Crippen molar-refractivity contribution in [2.75, 3.05) is 32.1 Å². The van der Waals surface area contributed by atoms with Crippen molar-refractivity contribution in [1.29, 1.82) is 0 Å². The van der Waals surface area contributed by atoms with Crippen molar-refractivity contribution in [3.8, 4) is 0 Å². The Balaban J connectivity index is 1.96. The van der Waals surface area contributed by atoms with E-state index in [1.807, 2.05) is 37.2 Å². The number of nitrogens with zero attached hydrogens (tertiary/aromatic N) is 3. The lowest BCUT2D eigenvalue weighted by molar-refractivity contribution is 0.0958. The molecule has 1 aromatic carbocycles. The van der Waals surface area contributed by atoms with Gasteiger partial charge in [0.05, 0.1) is 16.5 Å². The molecule has 0 radical (unpaired) electrons. The van der Waals surface area contributed by atoms with Crippen LogP contribution in [0.5, 0.6) is 0 Å². The van der Waals surface area contributed by atoms with Crippen LogP contribution >= 0.6 is 27.3 Å². The van der Waals surface area contributed by atoms with E-state index >= 15 is 0 Å².